The molecule has 1 heterocycles. The number of nitrogen functional groups attached to an aromatic ring is 1. The van der Waals surface area contributed by atoms with Crippen LogP contribution in [0, 0.1) is 15.5 Å². The van der Waals surface area contributed by atoms with Crippen LogP contribution in [0.25, 0.3) is 21.2 Å². The number of non-ortho nitro benzene ring substituents is 1. The van der Waals surface area contributed by atoms with E-state index in [1.54, 1.807) is 12.1 Å². The minimum Gasteiger partial charge on any atom is -0.383 e. The third-order valence-corrected chi connectivity index (χ3v) is 4.35. The number of thiophene rings is 1. The third kappa shape index (κ3) is 2.36. The lowest BCUT2D eigenvalue weighted by atomic mass is 10.0. The fourth-order valence-corrected chi connectivity index (χ4v) is 3.16. The Bertz CT molecular complexity index is 853. The number of hydrogen-bond donors (Lipinski definition) is 2. The first-order chi connectivity index (χ1) is 10.1. The van der Waals surface area contributed by atoms with Crippen molar-refractivity contribution in [3.63, 3.8) is 0 Å². The summed E-state index contributed by atoms with van der Waals surface area (Å²) in [6, 6.07) is 14.2. The Morgan fingerprint density at radius 2 is 1.90 bits per heavy atom. The van der Waals surface area contributed by atoms with Crippen molar-refractivity contribution in [2.75, 3.05) is 0 Å². The summed E-state index contributed by atoms with van der Waals surface area (Å²) < 4.78 is 1.04. The molecular formula is C15H11N3O2S. The summed E-state index contributed by atoms with van der Waals surface area (Å²) in [4.78, 5) is 11.0. The van der Waals surface area contributed by atoms with Crippen LogP contribution in [0.1, 0.15) is 4.88 Å². The highest BCUT2D eigenvalue weighted by molar-refractivity contribution is 7.20. The van der Waals surface area contributed by atoms with Gasteiger partial charge in [0.1, 0.15) is 5.84 Å². The summed E-state index contributed by atoms with van der Waals surface area (Å²) in [7, 11) is 0. The molecule has 0 unspecified atom stereocenters. The topological polar surface area (TPSA) is 93.0 Å². The molecule has 0 aliphatic rings. The molecule has 6 heteroatoms. The van der Waals surface area contributed by atoms with Gasteiger partial charge in [-0.1, -0.05) is 12.1 Å². The number of nitrogens with one attached hydrogen (secondary N) is 1. The maximum atomic E-state index is 10.7. The Hall–Kier alpha value is -2.73. The van der Waals surface area contributed by atoms with E-state index in [1.807, 2.05) is 24.3 Å². The van der Waals surface area contributed by atoms with Crippen LogP contribution in [0.3, 0.4) is 0 Å². The zero-order valence-corrected chi connectivity index (χ0v) is 11.7. The maximum Gasteiger partial charge on any atom is 0.269 e. The summed E-state index contributed by atoms with van der Waals surface area (Å²) in [6.07, 6.45) is 0. The molecule has 0 aliphatic heterocycles. The Labute approximate surface area is 124 Å². The van der Waals surface area contributed by atoms with E-state index in [1.165, 1.54) is 23.5 Å². The molecule has 21 heavy (non-hydrogen) atoms. The molecule has 0 aliphatic carbocycles. The second-order valence-corrected chi connectivity index (χ2v) is 5.63. The average Bonchev–Trinajstić information content (AvgIpc) is 2.91. The lowest BCUT2D eigenvalue weighted by Gasteiger charge is -2.03. The van der Waals surface area contributed by atoms with E-state index in [-0.39, 0.29) is 11.5 Å². The summed E-state index contributed by atoms with van der Waals surface area (Å²) in [5.74, 6) is 0.0471. The predicted octanol–water partition coefficient (Wildman–Crippen LogP) is 3.76. The zero-order chi connectivity index (χ0) is 15.0. The number of fused-ring (bicyclic) bond motifs is 1. The normalized spacial score (nSPS) is 10.7. The highest BCUT2D eigenvalue weighted by atomic mass is 32.1. The quantitative estimate of drug-likeness (QED) is 0.333. The van der Waals surface area contributed by atoms with Crippen molar-refractivity contribution in [3.8, 4) is 11.1 Å². The first-order valence-corrected chi connectivity index (χ1v) is 6.99. The van der Waals surface area contributed by atoms with E-state index in [0.717, 1.165) is 26.1 Å². The van der Waals surface area contributed by atoms with Crippen molar-refractivity contribution in [1.82, 2.24) is 0 Å². The van der Waals surface area contributed by atoms with Crippen molar-refractivity contribution in [2.45, 2.75) is 0 Å². The molecule has 2 aromatic carbocycles. The van der Waals surface area contributed by atoms with Crippen molar-refractivity contribution in [1.29, 1.82) is 5.41 Å². The SMILES string of the molecule is N=C(N)c1cc2c(-c3ccc([N+](=O)[O-])cc3)cccc2s1. The standard InChI is InChI=1S/C15H11N3O2S/c16-15(17)14-8-12-11(2-1-3-13(12)21-14)9-4-6-10(7-5-9)18(19)20/h1-8H,(H3,16,17). The van der Waals surface area contributed by atoms with E-state index < -0.39 is 4.92 Å². The molecule has 5 nitrogen and oxygen atoms in total. The number of nitro groups is 1. The van der Waals surface area contributed by atoms with Crippen molar-refractivity contribution in [2.24, 2.45) is 5.73 Å². The second-order valence-electron chi connectivity index (χ2n) is 4.55. The van der Waals surface area contributed by atoms with E-state index in [0.29, 0.717) is 0 Å². The first-order valence-electron chi connectivity index (χ1n) is 6.18. The molecule has 3 rings (SSSR count). The van der Waals surface area contributed by atoms with Crippen LogP contribution in [0.15, 0.2) is 48.5 Å². The molecule has 0 saturated heterocycles. The van der Waals surface area contributed by atoms with Crippen molar-refractivity contribution in [3.05, 3.63) is 63.5 Å². The van der Waals surface area contributed by atoms with Gasteiger partial charge in [0.25, 0.3) is 5.69 Å². The minimum atomic E-state index is -0.414. The number of nitrogens with zero attached hydrogens (tertiary/aromatic N) is 1. The lowest BCUT2D eigenvalue weighted by molar-refractivity contribution is -0.384. The number of nitro benzene ring substituents is 1. The largest absolute Gasteiger partial charge is 0.383 e. The molecule has 0 saturated carbocycles. The number of hydrogen-bond acceptors (Lipinski definition) is 4. The van der Waals surface area contributed by atoms with Gasteiger partial charge in [0.15, 0.2) is 0 Å². The molecule has 0 atom stereocenters. The van der Waals surface area contributed by atoms with Gasteiger partial charge in [-0.05, 0) is 35.4 Å². The van der Waals surface area contributed by atoms with Gasteiger partial charge in [0.2, 0.25) is 0 Å². The molecular weight excluding hydrogens is 286 g/mol. The number of rotatable bonds is 3. The van der Waals surface area contributed by atoms with E-state index in [4.69, 9.17) is 11.1 Å². The van der Waals surface area contributed by atoms with Gasteiger partial charge in [0.05, 0.1) is 9.80 Å². The molecule has 0 radical (unpaired) electrons. The monoisotopic (exact) mass is 297 g/mol. The van der Waals surface area contributed by atoms with Crippen LogP contribution < -0.4 is 5.73 Å². The average molecular weight is 297 g/mol. The highest BCUT2D eigenvalue weighted by Gasteiger charge is 2.11. The summed E-state index contributed by atoms with van der Waals surface area (Å²) in [5.41, 5.74) is 7.49. The van der Waals surface area contributed by atoms with Gasteiger partial charge in [-0.2, -0.15) is 0 Å². The number of benzene rings is 2. The van der Waals surface area contributed by atoms with Crippen molar-refractivity contribution >= 4 is 32.9 Å². The number of amidine groups is 1. The smallest absolute Gasteiger partial charge is 0.269 e. The van der Waals surface area contributed by atoms with Gasteiger partial charge in [0, 0.05) is 22.2 Å². The number of nitrogens with two attached hydrogens (primary N) is 1. The van der Waals surface area contributed by atoms with Gasteiger partial charge in [-0.25, -0.2) is 0 Å². The molecule has 104 valence electrons. The van der Waals surface area contributed by atoms with Crippen molar-refractivity contribution < 1.29 is 4.92 Å². The van der Waals surface area contributed by atoms with Crippen LogP contribution >= 0.6 is 11.3 Å². The van der Waals surface area contributed by atoms with Crippen LogP contribution in [-0.2, 0) is 0 Å². The Morgan fingerprint density at radius 1 is 1.19 bits per heavy atom. The maximum absolute atomic E-state index is 10.7. The van der Waals surface area contributed by atoms with E-state index in [2.05, 4.69) is 0 Å². The van der Waals surface area contributed by atoms with E-state index in [9.17, 15) is 10.1 Å². The van der Waals surface area contributed by atoms with E-state index >= 15 is 0 Å². The molecule has 0 fully saturated rings. The summed E-state index contributed by atoms with van der Waals surface area (Å²) in [6.45, 7) is 0. The molecule has 3 aromatic rings. The molecule has 0 spiro atoms. The summed E-state index contributed by atoms with van der Waals surface area (Å²) in [5, 5.41) is 19.2. The Balaban J connectivity index is 2.15. The van der Waals surface area contributed by atoms with Crippen LogP contribution in [-0.4, -0.2) is 10.8 Å². The fraction of sp³-hybridized carbons (Fsp3) is 0. The lowest BCUT2D eigenvalue weighted by Crippen LogP contribution is -2.08. The van der Waals surface area contributed by atoms with Crippen LogP contribution in [0.4, 0.5) is 5.69 Å². The Morgan fingerprint density at radius 3 is 2.52 bits per heavy atom. The third-order valence-electron chi connectivity index (χ3n) is 3.22. The predicted molar refractivity (Wildman–Crippen MR) is 84.9 cm³/mol. The molecule has 0 bridgehead atoms. The molecule has 3 N–H and O–H groups in total. The highest BCUT2D eigenvalue weighted by Crippen LogP contribution is 2.34. The second kappa shape index (κ2) is 4.99. The first kappa shape index (κ1) is 13.3. The Kier molecular flexibility index (Phi) is 3.15. The fourth-order valence-electron chi connectivity index (χ4n) is 2.21. The van der Waals surface area contributed by atoms with Crippen LogP contribution in [0.2, 0.25) is 0 Å². The zero-order valence-electron chi connectivity index (χ0n) is 10.9. The van der Waals surface area contributed by atoms with Gasteiger partial charge < -0.3 is 5.73 Å². The van der Waals surface area contributed by atoms with Gasteiger partial charge >= 0.3 is 0 Å². The summed E-state index contributed by atoms with van der Waals surface area (Å²) >= 11 is 1.46. The van der Waals surface area contributed by atoms with Gasteiger partial charge in [-0.15, -0.1) is 11.3 Å². The molecule has 0 amide bonds. The van der Waals surface area contributed by atoms with Gasteiger partial charge in [-0.3, -0.25) is 15.5 Å². The minimum absolute atomic E-state index is 0.0471. The molecule has 1 aromatic heterocycles. The van der Waals surface area contributed by atoms with Crippen LogP contribution in [0.5, 0.6) is 0 Å².